The number of sulfone groups is 1. The molecular weight excluding hydrogens is 445 g/mol. The lowest BCUT2D eigenvalue weighted by Gasteiger charge is -2.37. The molecule has 1 fully saturated rings. The molecule has 1 amide bonds. The zero-order valence-corrected chi connectivity index (χ0v) is 18.7. The van der Waals surface area contributed by atoms with Gasteiger partial charge >= 0.3 is 0 Å². The smallest absolute Gasteiger partial charge is 0.273 e. The Morgan fingerprint density at radius 1 is 1.42 bits per heavy atom. The molecule has 2 aromatic rings. The number of amides is 1. The van der Waals surface area contributed by atoms with E-state index < -0.39 is 27.6 Å². The molecule has 0 aliphatic carbocycles. The second kappa shape index (κ2) is 9.76. The van der Waals surface area contributed by atoms with Gasteiger partial charge in [-0.2, -0.15) is 0 Å². The summed E-state index contributed by atoms with van der Waals surface area (Å²) in [5.41, 5.74) is 0.996. The van der Waals surface area contributed by atoms with Crippen LogP contribution in [0.15, 0.2) is 48.0 Å². The zero-order valence-electron chi connectivity index (χ0n) is 17.1. The van der Waals surface area contributed by atoms with E-state index in [0.717, 1.165) is 17.2 Å². The second-order valence-corrected chi connectivity index (χ2v) is 9.59. The minimum absolute atomic E-state index is 0.218. The molecule has 1 N–H and O–H groups in total. The number of morpholine rings is 1. The summed E-state index contributed by atoms with van der Waals surface area (Å²) < 4.78 is 42.7. The number of carbonyl (C=O) groups is 1. The van der Waals surface area contributed by atoms with E-state index in [4.69, 9.17) is 16.3 Å². The Bertz CT molecular complexity index is 1090. The van der Waals surface area contributed by atoms with Crippen LogP contribution in [0.4, 0.5) is 10.1 Å². The number of pyridine rings is 1. The van der Waals surface area contributed by atoms with E-state index >= 15 is 0 Å². The Morgan fingerprint density at radius 2 is 2.16 bits per heavy atom. The predicted octanol–water partition coefficient (Wildman–Crippen LogP) is 3.13. The van der Waals surface area contributed by atoms with Crippen LogP contribution in [0.3, 0.4) is 0 Å². The quantitative estimate of drug-likeness (QED) is 0.702. The molecule has 0 bridgehead atoms. The number of hydrogen-bond donors (Lipinski definition) is 1. The van der Waals surface area contributed by atoms with Crippen LogP contribution in [0.5, 0.6) is 0 Å². The molecule has 1 aliphatic rings. The molecule has 1 saturated heterocycles. The van der Waals surface area contributed by atoms with E-state index in [9.17, 15) is 17.6 Å². The number of rotatable bonds is 6. The first kappa shape index (κ1) is 23.2. The second-order valence-electron chi connectivity index (χ2n) is 7.25. The maximum atomic E-state index is 14.8. The van der Waals surface area contributed by atoms with Crippen LogP contribution in [0.2, 0.25) is 5.02 Å². The fraction of sp³-hybridized carbons (Fsp3) is 0.333. The molecule has 7 nitrogen and oxygen atoms in total. The number of carbonyl (C=O) groups excluding carboxylic acids is 1. The van der Waals surface area contributed by atoms with Crippen molar-refractivity contribution in [3.05, 3.63) is 70.1 Å². The van der Waals surface area contributed by atoms with Gasteiger partial charge in [-0.1, -0.05) is 35.9 Å². The van der Waals surface area contributed by atoms with E-state index in [-0.39, 0.29) is 11.7 Å². The molecule has 1 aromatic carbocycles. The third-order valence-electron chi connectivity index (χ3n) is 4.74. The van der Waals surface area contributed by atoms with Crippen molar-refractivity contribution in [1.82, 2.24) is 10.3 Å². The molecular formula is C21H23ClFN3O4S. The molecule has 0 radical (unpaired) electrons. The van der Waals surface area contributed by atoms with Crippen molar-refractivity contribution in [2.24, 2.45) is 0 Å². The van der Waals surface area contributed by atoms with Gasteiger partial charge < -0.3 is 15.0 Å². The largest absolute Gasteiger partial charge is 0.377 e. The van der Waals surface area contributed by atoms with Crippen LogP contribution in [-0.4, -0.2) is 51.4 Å². The summed E-state index contributed by atoms with van der Waals surface area (Å²) in [6, 6.07) is 7.81. The number of benzene rings is 1. The molecule has 1 aliphatic heterocycles. The molecule has 31 heavy (non-hydrogen) atoms. The van der Waals surface area contributed by atoms with Crippen molar-refractivity contribution >= 4 is 33.0 Å². The highest BCUT2D eigenvalue weighted by Crippen LogP contribution is 2.33. The summed E-state index contributed by atoms with van der Waals surface area (Å²) in [5.74, 6) is -1.52. The molecule has 0 unspecified atom stereocenters. The van der Waals surface area contributed by atoms with Gasteiger partial charge in [0.1, 0.15) is 0 Å². The molecule has 3 rings (SSSR count). The fourth-order valence-corrected chi connectivity index (χ4v) is 4.03. The van der Waals surface area contributed by atoms with Gasteiger partial charge in [0.25, 0.3) is 5.91 Å². The van der Waals surface area contributed by atoms with Gasteiger partial charge in [-0.15, -0.1) is 0 Å². The van der Waals surface area contributed by atoms with Crippen molar-refractivity contribution in [2.45, 2.75) is 19.0 Å². The summed E-state index contributed by atoms with van der Waals surface area (Å²) in [4.78, 5) is 18.3. The monoisotopic (exact) mass is 467 g/mol. The Hall–Kier alpha value is -2.49. The van der Waals surface area contributed by atoms with Crippen LogP contribution in [0.1, 0.15) is 29.0 Å². The molecule has 166 valence electrons. The lowest BCUT2D eigenvalue weighted by Crippen LogP contribution is -2.40. The first-order chi connectivity index (χ1) is 14.7. The normalized spacial score (nSPS) is 18.2. The van der Waals surface area contributed by atoms with E-state index in [2.05, 4.69) is 10.3 Å². The molecule has 0 spiro atoms. The lowest BCUT2D eigenvalue weighted by molar-refractivity contribution is 0.0930. The van der Waals surface area contributed by atoms with Gasteiger partial charge in [-0.05, 0) is 18.6 Å². The average Bonchev–Trinajstić information content (AvgIpc) is 2.72. The third-order valence-corrected chi connectivity index (χ3v) is 5.74. The van der Waals surface area contributed by atoms with Crippen LogP contribution in [-0.2, 0) is 14.6 Å². The molecule has 0 saturated carbocycles. The third kappa shape index (κ3) is 6.03. The summed E-state index contributed by atoms with van der Waals surface area (Å²) in [5, 5.41) is 4.08. The topological polar surface area (TPSA) is 88.6 Å². The lowest BCUT2D eigenvalue weighted by atomic mass is 10.0. The first-order valence-electron chi connectivity index (χ1n) is 9.59. The standard InChI is InChI=1S/C21H23ClFN3O4S/c1-14(7-10-31(2,28)29)25-21(27)20-18(23)11-15(12-24-20)26-8-9-30-13-19(26)16-5-3-4-6-17(16)22/h3-7,10-12,14,19H,8-9,13H2,1-2H3,(H,25,27)/b10-7+/t14-,19+/m1/s1. The van der Waals surface area contributed by atoms with E-state index in [1.807, 2.05) is 23.1 Å². The van der Waals surface area contributed by atoms with Gasteiger partial charge in [0.2, 0.25) is 0 Å². The summed E-state index contributed by atoms with van der Waals surface area (Å²) in [6.45, 7) is 2.94. The number of ether oxygens (including phenoxy) is 1. The van der Waals surface area contributed by atoms with Crippen molar-refractivity contribution in [3.8, 4) is 0 Å². The van der Waals surface area contributed by atoms with Gasteiger partial charge in [0, 0.05) is 35.3 Å². The Balaban J connectivity index is 1.80. The summed E-state index contributed by atoms with van der Waals surface area (Å²) >= 11 is 6.34. The highest BCUT2D eigenvalue weighted by molar-refractivity contribution is 7.93. The van der Waals surface area contributed by atoms with Gasteiger partial charge in [0.05, 0.1) is 31.1 Å². The van der Waals surface area contributed by atoms with Crippen LogP contribution < -0.4 is 10.2 Å². The van der Waals surface area contributed by atoms with Crippen molar-refractivity contribution in [1.29, 1.82) is 0 Å². The fourth-order valence-electron chi connectivity index (χ4n) is 3.25. The Morgan fingerprint density at radius 3 is 2.84 bits per heavy atom. The number of nitrogens with zero attached hydrogens (tertiary/aromatic N) is 2. The maximum Gasteiger partial charge on any atom is 0.273 e. The molecule has 1 aromatic heterocycles. The molecule has 10 heteroatoms. The number of nitrogens with one attached hydrogen (secondary N) is 1. The summed E-state index contributed by atoms with van der Waals surface area (Å²) in [7, 11) is -3.32. The Kier molecular flexibility index (Phi) is 7.30. The number of hydrogen-bond acceptors (Lipinski definition) is 6. The van der Waals surface area contributed by atoms with Crippen molar-refractivity contribution < 1.29 is 22.3 Å². The number of aromatic nitrogens is 1. The number of halogens is 2. The van der Waals surface area contributed by atoms with E-state index in [0.29, 0.717) is 30.5 Å². The van der Waals surface area contributed by atoms with Gasteiger partial charge in [-0.3, -0.25) is 4.79 Å². The van der Waals surface area contributed by atoms with Crippen molar-refractivity contribution in [3.63, 3.8) is 0 Å². The van der Waals surface area contributed by atoms with Crippen LogP contribution >= 0.6 is 11.6 Å². The average molecular weight is 468 g/mol. The molecule has 2 atom stereocenters. The van der Waals surface area contributed by atoms with Crippen molar-refractivity contribution in [2.75, 3.05) is 30.9 Å². The SMILES string of the molecule is C[C@H](/C=C/S(C)(=O)=O)NC(=O)c1ncc(N2CCOC[C@H]2c2ccccc2Cl)cc1F. The minimum Gasteiger partial charge on any atom is -0.377 e. The minimum atomic E-state index is -3.32. The summed E-state index contributed by atoms with van der Waals surface area (Å²) in [6.07, 6.45) is 3.78. The van der Waals surface area contributed by atoms with Gasteiger partial charge in [-0.25, -0.2) is 17.8 Å². The highest BCUT2D eigenvalue weighted by atomic mass is 35.5. The number of anilines is 1. The van der Waals surface area contributed by atoms with Crippen LogP contribution in [0, 0.1) is 5.82 Å². The predicted molar refractivity (Wildman–Crippen MR) is 117 cm³/mol. The van der Waals surface area contributed by atoms with Crippen LogP contribution in [0.25, 0.3) is 0 Å². The molecule has 2 heterocycles. The van der Waals surface area contributed by atoms with E-state index in [1.54, 1.807) is 13.0 Å². The first-order valence-corrected chi connectivity index (χ1v) is 11.9. The zero-order chi connectivity index (χ0) is 22.6. The van der Waals surface area contributed by atoms with Gasteiger partial charge in [0.15, 0.2) is 21.3 Å². The Labute approximate surface area is 185 Å². The maximum absolute atomic E-state index is 14.8. The van der Waals surface area contributed by atoms with E-state index in [1.165, 1.54) is 18.3 Å². The highest BCUT2D eigenvalue weighted by Gasteiger charge is 2.28.